The number of rotatable bonds is 5. The van der Waals surface area contributed by atoms with Crippen LogP contribution in [0.3, 0.4) is 0 Å². The van der Waals surface area contributed by atoms with Crippen LogP contribution in [-0.4, -0.2) is 33.1 Å². The number of thiazole rings is 1. The van der Waals surface area contributed by atoms with Crippen LogP contribution < -0.4 is 16.2 Å². The van der Waals surface area contributed by atoms with E-state index in [9.17, 15) is 14.4 Å². The summed E-state index contributed by atoms with van der Waals surface area (Å²) in [6.07, 6.45) is 3.02. The van der Waals surface area contributed by atoms with Crippen molar-refractivity contribution in [3.63, 3.8) is 0 Å². The maximum Gasteiger partial charge on any atom is 0.315 e. The Kier molecular flexibility index (Phi) is 5.00. The van der Waals surface area contributed by atoms with Crippen molar-refractivity contribution in [1.82, 2.24) is 20.1 Å². The van der Waals surface area contributed by atoms with Crippen LogP contribution in [0.15, 0.2) is 51.3 Å². The van der Waals surface area contributed by atoms with Gasteiger partial charge in [0.05, 0.1) is 12.8 Å². The minimum Gasteiger partial charge on any atom is -0.463 e. The summed E-state index contributed by atoms with van der Waals surface area (Å²) in [7, 11) is 0. The quantitative estimate of drug-likeness (QED) is 0.648. The lowest BCUT2D eigenvalue weighted by molar-refractivity contribution is -0.136. The lowest BCUT2D eigenvalue weighted by Crippen LogP contribution is -2.38. The molecule has 0 aliphatic heterocycles. The molecule has 0 aliphatic rings. The number of furan rings is 1. The van der Waals surface area contributed by atoms with Crippen molar-refractivity contribution in [3.8, 4) is 11.5 Å². The highest BCUT2D eigenvalue weighted by molar-refractivity contribution is 7.13. The highest BCUT2D eigenvalue weighted by Gasteiger charge is 2.14. The van der Waals surface area contributed by atoms with Gasteiger partial charge in [-0.25, -0.2) is 9.67 Å². The van der Waals surface area contributed by atoms with E-state index in [1.807, 2.05) is 0 Å². The molecule has 0 saturated heterocycles. The van der Waals surface area contributed by atoms with Gasteiger partial charge in [-0.3, -0.25) is 19.7 Å². The molecule has 3 heterocycles. The van der Waals surface area contributed by atoms with Crippen molar-refractivity contribution < 1.29 is 14.0 Å². The number of hydrogen-bond donors (Lipinski definition) is 2. The molecule has 0 unspecified atom stereocenters. The molecular formula is C15H13N5O4S. The zero-order valence-corrected chi connectivity index (χ0v) is 13.7. The van der Waals surface area contributed by atoms with Gasteiger partial charge < -0.3 is 9.73 Å². The Morgan fingerprint density at radius 1 is 1.24 bits per heavy atom. The number of carbonyl (C=O) groups excluding carboxylic acids is 2. The van der Waals surface area contributed by atoms with Crippen LogP contribution in [0.25, 0.3) is 11.5 Å². The summed E-state index contributed by atoms with van der Waals surface area (Å²) in [5, 5.41) is 11.0. The highest BCUT2D eigenvalue weighted by Crippen LogP contribution is 2.14. The highest BCUT2D eigenvalue weighted by atomic mass is 32.1. The van der Waals surface area contributed by atoms with Gasteiger partial charge in [0, 0.05) is 24.2 Å². The Labute approximate surface area is 145 Å². The summed E-state index contributed by atoms with van der Waals surface area (Å²) in [5.41, 5.74) is 0.175. The van der Waals surface area contributed by atoms with Crippen LogP contribution in [0.2, 0.25) is 0 Å². The second-order valence-electron chi connectivity index (χ2n) is 4.80. The van der Waals surface area contributed by atoms with Crippen molar-refractivity contribution >= 4 is 28.3 Å². The Hall–Kier alpha value is -3.27. The molecule has 0 aliphatic carbocycles. The average molecular weight is 359 g/mol. The Morgan fingerprint density at radius 3 is 2.84 bits per heavy atom. The van der Waals surface area contributed by atoms with E-state index in [4.69, 9.17) is 4.42 Å². The lowest BCUT2D eigenvalue weighted by atomic mass is 10.3. The maximum atomic E-state index is 11.8. The topological polar surface area (TPSA) is 119 Å². The molecule has 0 bridgehead atoms. The summed E-state index contributed by atoms with van der Waals surface area (Å²) in [5.74, 6) is -1.11. The smallest absolute Gasteiger partial charge is 0.315 e. The van der Waals surface area contributed by atoms with E-state index in [-0.39, 0.29) is 18.6 Å². The molecule has 0 atom stereocenters. The average Bonchev–Trinajstić information content (AvgIpc) is 3.30. The van der Waals surface area contributed by atoms with Crippen molar-refractivity contribution in [2.45, 2.75) is 6.54 Å². The van der Waals surface area contributed by atoms with Crippen molar-refractivity contribution in [3.05, 3.63) is 52.5 Å². The summed E-state index contributed by atoms with van der Waals surface area (Å²) < 4.78 is 6.42. The van der Waals surface area contributed by atoms with Crippen molar-refractivity contribution in [1.29, 1.82) is 0 Å². The Balaban J connectivity index is 1.56. The van der Waals surface area contributed by atoms with Crippen LogP contribution in [0.5, 0.6) is 0 Å². The number of nitrogens with one attached hydrogen (secondary N) is 2. The molecule has 0 radical (unpaired) electrons. The van der Waals surface area contributed by atoms with Gasteiger partial charge in [0.25, 0.3) is 5.56 Å². The van der Waals surface area contributed by atoms with Gasteiger partial charge in [-0.2, -0.15) is 5.10 Å². The first-order valence-corrected chi connectivity index (χ1v) is 8.12. The summed E-state index contributed by atoms with van der Waals surface area (Å²) in [6, 6.07) is 6.36. The molecular weight excluding hydrogens is 346 g/mol. The first-order chi connectivity index (χ1) is 12.1. The lowest BCUT2D eigenvalue weighted by Gasteiger charge is -2.07. The Morgan fingerprint density at radius 2 is 2.12 bits per heavy atom. The van der Waals surface area contributed by atoms with E-state index >= 15 is 0 Å². The van der Waals surface area contributed by atoms with Crippen LogP contribution in [0.4, 0.5) is 5.13 Å². The largest absolute Gasteiger partial charge is 0.463 e. The van der Waals surface area contributed by atoms with Crippen LogP contribution >= 0.6 is 11.3 Å². The third-order valence-electron chi connectivity index (χ3n) is 3.11. The standard InChI is InChI=1S/C15H13N5O4S/c21-12-4-3-10(11-2-1-8-24-11)19-20(12)7-5-16-13(22)14(23)18-15-17-6-9-25-15/h1-4,6,8-9H,5,7H2,(H,16,22)(H,17,18,23). The van der Waals surface area contributed by atoms with E-state index < -0.39 is 11.8 Å². The predicted molar refractivity (Wildman–Crippen MR) is 90.0 cm³/mol. The van der Waals surface area contributed by atoms with Gasteiger partial charge in [0.2, 0.25) is 0 Å². The maximum absolute atomic E-state index is 11.8. The summed E-state index contributed by atoms with van der Waals surface area (Å²) in [6.45, 7) is 0.183. The van der Waals surface area contributed by atoms with Crippen molar-refractivity contribution in [2.75, 3.05) is 11.9 Å². The van der Waals surface area contributed by atoms with Gasteiger partial charge in [-0.15, -0.1) is 11.3 Å². The molecule has 0 fully saturated rings. The SMILES string of the molecule is O=C(NCCn1nc(-c2ccco2)ccc1=O)C(=O)Nc1nccs1. The van der Waals surface area contributed by atoms with E-state index in [0.29, 0.717) is 16.6 Å². The number of carbonyl (C=O) groups is 2. The van der Waals surface area contributed by atoms with E-state index in [2.05, 4.69) is 20.7 Å². The predicted octanol–water partition coefficient (Wildman–Crippen LogP) is 0.715. The van der Waals surface area contributed by atoms with E-state index in [0.717, 1.165) is 0 Å². The first-order valence-electron chi connectivity index (χ1n) is 7.24. The first kappa shape index (κ1) is 16.6. The fourth-order valence-corrected chi connectivity index (χ4v) is 2.48. The van der Waals surface area contributed by atoms with Gasteiger partial charge in [-0.05, 0) is 18.2 Å². The zero-order valence-electron chi connectivity index (χ0n) is 12.8. The number of anilines is 1. The molecule has 2 amide bonds. The molecule has 0 aromatic carbocycles. The van der Waals surface area contributed by atoms with Crippen LogP contribution in [-0.2, 0) is 16.1 Å². The molecule has 10 heteroatoms. The van der Waals surface area contributed by atoms with E-state index in [1.54, 1.807) is 23.6 Å². The van der Waals surface area contributed by atoms with Gasteiger partial charge >= 0.3 is 11.8 Å². The molecule has 0 spiro atoms. The normalized spacial score (nSPS) is 10.4. The molecule has 3 aromatic rings. The molecule has 2 N–H and O–H groups in total. The minimum atomic E-state index is -0.820. The minimum absolute atomic E-state index is 0.0681. The summed E-state index contributed by atoms with van der Waals surface area (Å²) in [4.78, 5) is 39.1. The number of hydrogen-bond acceptors (Lipinski definition) is 7. The third kappa shape index (κ3) is 4.18. The van der Waals surface area contributed by atoms with Gasteiger partial charge in [0.1, 0.15) is 5.69 Å². The van der Waals surface area contributed by atoms with Gasteiger partial charge in [0.15, 0.2) is 10.9 Å². The fraction of sp³-hybridized carbons (Fsp3) is 0.133. The van der Waals surface area contributed by atoms with Crippen molar-refractivity contribution in [2.24, 2.45) is 0 Å². The number of nitrogens with zero attached hydrogens (tertiary/aromatic N) is 3. The molecule has 9 nitrogen and oxygen atoms in total. The molecule has 25 heavy (non-hydrogen) atoms. The Bertz CT molecular complexity index is 918. The second-order valence-corrected chi connectivity index (χ2v) is 5.70. The fourth-order valence-electron chi connectivity index (χ4n) is 1.96. The zero-order chi connectivity index (χ0) is 17.6. The second kappa shape index (κ2) is 7.53. The monoisotopic (exact) mass is 359 g/mol. The molecule has 3 aromatic heterocycles. The van der Waals surface area contributed by atoms with E-state index in [1.165, 1.54) is 34.5 Å². The molecule has 3 rings (SSSR count). The molecule has 128 valence electrons. The molecule has 0 saturated carbocycles. The van der Waals surface area contributed by atoms with Gasteiger partial charge in [-0.1, -0.05) is 0 Å². The van der Waals surface area contributed by atoms with Crippen LogP contribution in [0.1, 0.15) is 0 Å². The summed E-state index contributed by atoms with van der Waals surface area (Å²) >= 11 is 1.20. The number of aromatic nitrogens is 3. The third-order valence-corrected chi connectivity index (χ3v) is 3.80. The van der Waals surface area contributed by atoms with Crippen LogP contribution in [0, 0.1) is 0 Å². The number of amides is 2.